The predicted molar refractivity (Wildman–Crippen MR) is 65.6 cm³/mol. The van der Waals surface area contributed by atoms with Crippen LogP contribution in [0.2, 0.25) is 0 Å². The Kier molecular flexibility index (Phi) is 6.42. The summed E-state index contributed by atoms with van der Waals surface area (Å²) < 4.78 is 17.0. The zero-order chi connectivity index (χ0) is 12.5. The number of rotatable bonds is 9. The minimum Gasteiger partial charge on any atom is -0.481 e. The average molecular weight is 243 g/mol. The van der Waals surface area contributed by atoms with Gasteiger partial charge in [-0.15, -0.1) is 0 Å². The number of hydrogen-bond donors (Lipinski definition) is 1. The molecule has 0 radical (unpaired) electrons. The van der Waals surface area contributed by atoms with Gasteiger partial charge in [0.2, 0.25) is 5.88 Å². The van der Waals surface area contributed by atoms with Crippen LogP contribution >= 0.6 is 0 Å². The van der Waals surface area contributed by atoms with Gasteiger partial charge in [0, 0.05) is 33.4 Å². The van der Waals surface area contributed by atoms with Crippen LogP contribution in [0.15, 0.2) is 6.07 Å². The Labute approximate surface area is 102 Å². The van der Waals surface area contributed by atoms with E-state index >= 15 is 0 Å². The fraction of sp³-hybridized carbons (Fsp3) is 0.727. The van der Waals surface area contributed by atoms with E-state index in [1.807, 2.05) is 13.1 Å². The van der Waals surface area contributed by atoms with Gasteiger partial charge in [0.1, 0.15) is 0 Å². The third kappa shape index (κ3) is 5.06. The monoisotopic (exact) mass is 243 g/mol. The third-order valence-electron chi connectivity index (χ3n) is 2.25. The Morgan fingerprint density at radius 2 is 2.12 bits per heavy atom. The summed E-state index contributed by atoms with van der Waals surface area (Å²) >= 11 is 0. The van der Waals surface area contributed by atoms with Crippen LogP contribution in [-0.4, -0.2) is 50.4 Å². The second-order valence-corrected chi connectivity index (χ2v) is 3.58. The van der Waals surface area contributed by atoms with Crippen LogP contribution in [0.25, 0.3) is 0 Å². The molecule has 6 heteroatoms. The molecule has 0 aromatic carbocycles. The molecule has 0 spiro atoms. The van der Waals surface area contributed by atoms with Gasteiger partial charge >= 0.3 is 0 Å². The lowest BCUT2D eigenvalue weighted by Crippen LogP contribution is -2.08. The van der Waals surface area contributed by atoms with E-state index in [0.29, 0.717) is 13.2 Å². The molecule has 0 atom stereocenters. The Hall–Kier alpha value is -1.27. The first-order valence-corrected chi connectivity index (χ1v) is 5.66. The van der Waals surface area contributed by atoms with E-state index in [9.17, 15) is 0 Å². The molecule has 6 nitrogen and oxygen atoms in total. The molecule has 0 aliphatic carbocycles. The standard InChI is InChI=1S/C11H21N3O3/c1-14-11(16-3)9-10(13-14)12-5-4-6-17-8-7-15-2/h9H,4-8H2,1-3H3,(H,12,13). The van der Waals surface area contributed by atoms with E-state index in [2.05, 4.69) is 10.4 Å². The largest absolute Gasteiger partial charge is 0.481 e. The van der Waals surface area contributed by atoms with E-state index in [1.165, 1.54) is 0 Å². The summed E-state index contributed by atoms with van der Waals surface area (Å²) in [5.74, 6) is 1.56. The van der Waals surface area contributed by atoms with Crippen molar-refractivity contribution < 1.29 is 14.2 Å². The Balaban J connectivity index is 2.09. The lowest BCUT2D eigenvalue weighted by molar-refractivity contribution is 0.0705. The van der Waals surface area contributed by atoms with E-state index in [0.717, 1.165) is 31.3 Å². The lowest BCUT2D eigenvalue weighted by atomic mass is 10.4. The van der Waals surface area contributed by atoms with Crippen molar-refractivity contribution in [1.82, 2.24) is 9.78 Å². The van der Waals surface area contributed by atoms with Gasteiger partial charge in [0.15, 0.2) is 5.82 Å². The van der Waals surface area contributed by atoms with Crippen molar-refractivity contribution >= 4 is 5.82 Å². The van der Waals surface area contributed by atoms with Crippen LogP contribution in [0.4, 0.5) is 5.82 Å². The first kappa shape index (κ1) is 13.8. The second kappa shape index (κ2) is 7.92. The number of hydrogen-bond acceptors (Lipinski definition) is 5. The van der Waals surface area contributed by atoms with E-state index in [-0.39, 0.29) is 0 Å². The molecule has 0 saturated heterocycles. The van der Waals surface area contributed by atoms with Crippen molar-refractivity contribution in [3.05, 3.63) is 6.07 Å². The normalized spacial score (nSPS) is 10.5. The van der Waals surface area contributed by atoms with Crippen LogP contribution < -0.4 is 10.1 Å². The molecule has 0 unspecified atom stereocenters. The smallest absolute Gasteiger partial charge is 0.213 e. The summed E-state index contributed by atoms with van der Waals surface area (Å²) in [4.78, 5) is 0. The van der Waals surface area contributed by atoms with Gasteiger partial charge in [-0.1, -0.05) is 0 Å². The fourth-order valence-corrected chi connectivity index (χ4v) is 1.36. The van der Waals surface area contributed by atoms with Crippen LogP contribution in [-0.2, 0) is 16.5 Å². The molecule has 0 amide bonds. The van der Waals surface area contributed by atoms with Crippen LogP contribution in [0, 0.1) is 0 Å². The number of anilines is 1. The zero-order valence-electron chi connectivity index (χ0n) is 10.7. The Morgan fingerprint density at radius 1 is 1.29 bits per heavy atom. The maximum atomic E-state index is 5.35. The quantitative estimate of drug-likeness (QED) is 0.653. The van der Waals surface area contributed by atoms with E-state index in [4.69, 9.17) is 14.2 Å². The summed E-state index contributed by atoms with van der Waals surface area (Å²) in [7, 11) is 5.14. The zero-order valence-corrected chi connectivity index (χ0v) is 10.7. The van der Waals surface area contributed by atoms with E-state index in [1.54, 1.807) is 18.9 Å². The number of ether oxygens (including phenoxy) is 3. The fourth-order valence-electron chi connectivity index (χ4n) is 1.36. The van der Waals surface area contributed by atoms with Gasteiger partial charge < -0.3 is 19.5 Å². The molecule has 1 rings (SSSR count). The van der Waals surface area contributed by atoms with Gasteiger partial charge in [-0.05, 0) is 6.42 Å². The van der Waals surface area contributed by atoms with Gasteiger partial charge in [-0.25, -0.2) is 4.68 Å². The SMILES string of the molecule is COCCOCCCNc1cc(OC)n(C)n1. The number of aryl methyl sites for hydroxylation is 1. The molecule has 17 heavy (non-hydrogen) atoms. The predicted octanol–water partition coefficient (Wildman–Crippen LogP) is 0.894. The molecule has 1 heterocycles. The van der Waals surface area contributed by atoms with Gasteiger partial charge in [0.05, 0.1) is 20.3 Å². The summed E-state index contributed by atoms with van der Waals surface area (Å²) in [5.41, 5.74) is 0. The van der Waals surface area contributed by atoms with Crippen LogP contribution in [0.1, 0.15) is 6.42 Å². The minimum absolute atomic E-state index is 0.644. The molecule has 1 aromatic rings. The number of methoxy groups -OCH3 is 2. The van der Waals surface area contributed by atoms with Gasteiger partial charge in [-0.3, -0.25) is 0 Å². The van der Waals surface area contributed by atoms with Crippen molar-refractivity contribution in [2.75, 3.05) is 45.9 Å². The highest BCUT2D eigenvalue weighted by molar-refractivity contribution is 5.38. The number of nitrogens with zero attached hydrogens (tertiary/aromatic N) is 2. The van der Waals surface area contributed by atoms with Crippen molar-refractivity contribution in [2.45, 2.75) is 6.42 Å². The summed E-state index contributed by atoms with van der Waals surface area (Å²) in [6.07, 6.45) is 0.933. The van der Waals surface area contributed by atoms with Crippen molar-refractivity contribution in [1.29, 1.82) is 0 Å². The topological polar surface area (TPSA) is 57.5 Å². The summed E-state index contributed by atoms with van der Waals surface area (Å²) in [5, 5.41) is 7.46. The highest BCUT2D eigenvalue weighted by Crippen LogP contribution is 2.14. The highest BCUT2D eigenvalue weighted by atomic mass is 16.5. The van der Waals surface area contributed by atoms with Gasteiger partial charge in [0.25, 0.3) is 0 Å². The molecule has 0 bridgehead atoms. The lowest BCUT2D eigenvalue weighted by Gasteiger charge is -2.04. The summed E-state index contributed by atoms with van der Waals surface area (Å²) in [6.45, 7) is 2.84. The molecule has 0 saturated carbocycles. The highest BCUT2D eigenvalue weighted by Gasteiger charge is 2.03. The molecule has 0 aliphatic heterocycles. The first-order chi connectivity index (χ1) is 8.27. The molecule has 98 valence electrons. The number of nitrogens with one attached hydrogen (secondary N) is 1. The average Bonchev–Trinajstić information content (AvgIpc) is 2.68. The molecular formula is C11H21N3O3. The molecule has 1 N–H and O–H groups in total. The maximum Gasteiger partial charge on any atom is 0.213 e. The van der Waals surface area contributed by atoms with Crippen LogP contribution in [0.3, 0.4) is 0 Å². The Bertz CT molecular complexity index is 315. The third-order valence-corrected chi connectivity index (χ3v) is 2.25. The summed E-state index contributed by atoms with van der Waals surface area (Å²) in [6, 6.07) is 1.87. The van der Waals surface area contributed by atoms with Crippen molar-refractivity contribution in [2.24, 2.45) is 7.05 Å². The number of aromatic nitrogens is 2. The first-order valence-electron chi connectivity index (χ1n) is 5.66. The van der Waals surface area contributed by atoms with Crippen molar-refractivity contribution in [3.63, 3.8) is 0 Å². The second-order valence-electron chi connectivity index (χ2n) is 3.58. The maximum absolute atomic E-state index is 5.35. The van der Waals surface area contributed by atoms with Gasteiger partial charge in [-0.2, -0.15) is 5.10 Å². The van der Waals surface area contributed by atoms with Crippen LogP contribution in [0.5, 0.6) is 5.88 Å². The molecule has 0 aliphatic rings. The molecule has 0 fully saturated rings. The van der Waals surface area contributed by atoms with Crippen molar-refractivity contribution in [3.8, 4) is 5.88 Å². The Morgan fingerprint density at radius 3 is 2.76 bits per heavy atom. The van der Waals surface area contributed by atoms with E-state index < -0.39 is 0 Å². The minimum atomic E-state index is 0.644. The molecule has 1 aromatic heterocycles. The molecular weight excluding hydrogens is 222 g/mol.